The van der Waals surface area contributed by atoms with Crippen LogP contribution in [0.5, 0.6) is 23.1 Å². The smallest absolute Gasteiger partial charge is 0.259 e. The monoisotopic (exact) mass is 422 g/mol. The SMILES string of the molecule is CCOCCOc1ccccc1C(=O)Nc1ccc(Oc2ccc(C)cc2OC)nc1. The maximum atomic E-state index is 12.7. The summed E-state index contributed by atoms with van der Waals surface area (Å²) in [6.45, 7) is 5.35. The van der Waals surface area contributed by atoms with Crippen LogP contribution in [0.15, 0.2) is 60.8 Å². The first-order chi connectivity index (χ1) is 15.1. The van der Waals surface area contributed by atoms with Crippen LogP contribution in [0, 0.1) is 6.92 Å². The van der Waals surface area contributed by atoms with Crippen LogP contribution in [-0.2, 0) is 4.74 Å². The molecule has 0 aliphatic heterocycles. The first kappa shape index (κ1) is 22.1. The molecule has 7 heteroatoms. The molecule has 3 aromatic rings. The van der Waals surface area contributed by atoms with Gasteiger partial charge in [-0.2, -0.15) is 0 Å². The Balaban J connectivity index is 1.64. The molecule has 162 valence electrons. The summed E-state index contributed by atoms with van der Waals surface area (Å²) in [4.78, 5) is 17.0. The molecule has 1 amide bonds. The quantitative estimate of drug-likeness (QED) is 0.470. The second-order valence-corrected chi connectivity index (χ2v) is 6.64. The molecule has 0 radical (unpaired) electrons. The zero-order valence-electron chi connectivity index (χ0n) is 17.9. The minimum Gasteiger partial charge on any atom is -0.493 e. The first-order valence-corrected chi connectivity index (χ1v) is 10.00. The molecule has 0 aliphatic rings. The molecule has 0 atom stereocenters. The second-order valence-electron chi connectivity index (χ2n) is 6.64. The van der Waals surface area contributed by atoms with Crippen LogP contribution in [0.2, 0.25) is 0 Å². The van der Waals surface area contributed by atoms with E-state index in [1.54, 1.807) is 37.4 Å². The maximum absolute atomic E-state index is 12.7. The molecule has 0 saturated heterocycles. The van der Waals surface area contributed by atoms with Crippen LogP contribution in [-0.4, -0.2) is 37.8 Å². The lowest BCUT2D eigenvalue weighted by atomic mass is 10.2. The summed E-state index contributed by atoms with van der Waals surface area (Å²) in [5, 5.41) is 2.83. The molecule has 0 unspecified atom stereocenters. The number of amides is 1. The number of pyridine rings is 1. The summed E-state index contributed by atoms with van der Waals surface area (Å²) < 4.78 is 22.1. The first-order valence-electron chi connectivity index (χ1n) is 10.00. The minimum atomic E-state index is -0.289. The third-order valence-electron chi connectivity index (χ3n) is 4.35. The fourth-order valence-electron chi connectivity index (χ4n) is 2.82. The Morgan fingerprint density at radius 3 is 2.58 bits per heavy atom. The van der Waals surface area contributed by atoms with Crippen LogP contribution in [0.1, 0.15) is 22.8 Å². The van der Waals surface area contributed by atoms with E-state index >= 15 is 0 Å². The number of hydrogen-bond acceptors (Lipinski definition) is 6. The largest absolute Gasteiger partial charge is 0.493 e. The number of nitrogens with zero attached hydrogens (tertiary/aromatic N) is 1. The number of rotatable bonds is 10. The zero-order chi connectivity index (χ0) is 22.1. The molecule has 2 aromatic carbocycles. The highest BCUT2D eigenvalue weighted by molar-refractivity contribution is 6.06. The molecule has 0 saturated carbocycles. The molecule has 0 fully saturated rings. The van der Waals surface area contributed by atoms with Gasteiger partial charge in [-0.25, -0.2) is 4.98 Å². The van der Waals surface area contributed by atoms with Crippen molar-refractivity contribution in [3.8, 4) is 23.1 Å². The van der Waals surface area contributed by atoms with Crippen molar-refractivity contribution >= 4 is 11.6 Å². The molecular weight excluding hydrogens is 396 g/mol. The Labute approximate surface area is 181 Å². The standard InChI is InChI=1S/C24H26N2O5/c1-4-29-13-14-30-20-8-6-5-7-19(20)24(27)26-18-10-12-23(25-16-18)31-21-11-9-17(2)15-22(21)28-3/h5-12,15-16H,4,13-14H2,1-3H3,(H,26,27). The topological polar surface area (TPSA) is 78.9 Å². The third-order valence-corrected chi connectivity index (χ3v) is 4.35. The van der Waals surface area contributed by atoms with Crippen molar-refractivity contribution in [3.05, 3.63) is 71.9 Å². The second kappa shape index (κ2) is 11.0. The van der Waals surface area contributed by atoms with E-state index in [1.807, 2.05) is 38.1 Å². The highest BCUT2D eigenvalue weighted by atomic mass is 16.5. The lowest BCUT2D eigenvalue weighted by molar-refractivity contribution is 0.0998. The van der Waals surface area contributed by atoms with Crippen LogP contribution < -0.4 is 19.5 Å². The number of ether oxygens (including phenoxy) is 4. The fraction of sp³-hybridized carbons (Fsp3) is 0.250. The van der Waals surface area contributed by atoms with E-state index in [1.165, 1.54) is 6.20 Å². The predicted molar refractivity (Wildman–Crippen MR) is 118 cm³/mol. The van der Waals surface area contributed by atoms with Gasteiger partial charge in [-0.05, 0) is 49.7 Å². The molecule has 7 nitrogen and oxygen atoms in total. The van der Waals surface area contributed by atoms with E-state index in [4.69, 9.17) is 18.9 Å². The van der Waals surface area contributed by atoms with Crippen LogP contribution in [0.25, 0.3) is 0 Å². The maximum Gasteiger partial charge on any atom is 0.259 e. The van der Waals surface area contributed by atoms with E-state index in [9.17, 15) is 4.79 Å². The average Bonchev–Trinajstić information content (AvgIpc) is 2.79. The van der Waals surface area contributed by atoms with Crippen molar-refractivity contribution < 1.29 is 23.7 Å². The van der Waals surface area contributed by atoms with Gasteiger partial charge in [-0.15, -0.1) is 0 Å². The Morgan fingerprint density at radius 2 is 1.84 bits per heavy atom. The lowest BCUT2D eigenvalue weighted by Crippen LogP contribution is -2.15. The number of aryl methyl sites for hydroxylation is 1. The molecular formula is C24H26N2O5. The van der Waals surface area contributed by atoms with Crippen molar-refractivity contribution in [2.45, 2.75) is 13.8 Å². The van der Waals surface area contributed by atoms with Gasteiger partial charge in [0.15, 0.2) is 11.5 Å². The lowest BCUT2D eigenvalue weighted by Gasteiger charge is -2.12. The normalized spacial score (nSPS) is 10.4. The Bertz CT molecular complexity index is 1010. The summed E-state index contributed by atoms with van der Waals surface area (Å²) in [5.41, 5.74) is 2.04. The van der Waals surface area contributed by atoms with Gasteiger partial charge < -0.3 is 24.3 Å². The number of hydrogen-bond donors (Lipinski definition) is 1. The number of anilines is 1. The van der Waals surface area contributed by atoms with Gasteiger partial charge in [0.1, 0.15) is 12.4 Å². The minimum absolute atomic E-state index is 0.289. The average molecular weight is 422 g/mol. The summed E-state index contributed by atoms with van der Waals surface area (Å²) in [6.07, 6.45) is 1.53. The number of methoxy groups -OCH3 is 1. The van der Waals surface area contributed by atoms with Gasteiger partial charge in [0.25, 0.3) is 5.91 Å². The molecule has 1 aromatic heterocycles. The number of aromatic nitrogens is 1. The highest BCUT2D eigenvalue weighted by Crippen LogP contribution is 2.31. The van der Waals surface area contributed by atoms with E-state index in [-0.39, 0.29) is 5.91 Å². The summed E-state index contributed by atoms with van der Waals surface area (Å²) >= 11 is 0. The number of carbonyl (C=O) groups is 1. The Kier molecular flexibility index (Phi) is 7.84. The predicted octanol–water partition coefficient (Wildman–Crippen LogP) is 4.86. The van der Waals surface area contributed by atoms with Crippen LogP contribution in [0.3, 0.4) is 0 Å². The number of para-hydroxylation sites is 1. The Morgan fingerprint density at radius 1 is 1.00 bits per heavy atom. The molecule has 3 rings (SSSR count). The van der Waals surface area contributed by atoms with Crippen LogP contribution in [0.4, 0.5) is 5.69 Å². The summed E-state index contributed by atoms with van der Waals surface area (Å²) in [7, 11) is 1.59. The van der Waals surface area contributed by atoms with Gasteiger partial charge in [-0.1, -0.05) is 18.2 Å². The van der Waals surface area contributed by atoms with Gasteiger partial charge in [0, 0.05) is 12.7 Å². The number of nitrogens with one attached hydrogen (secondary N) is 1. The van der Waals surface area contributed by atoms with Crippen molar-refractivity contribution in [2.24, 2.45) is 0 Å². The molecule has 1 N–H and O–H groups in total. The fourth-order valence-corrected chi connectivity index (χ4v) is 2.82. The molecule has 0 spiro atoms. The summed E-state index contributed by atoms with van der Waals surface area (Å²) in [6, 6.07) is 16.1. The molecule has 1 heterocycles. The summed E-state index contributed by atoms with van der Waals surface area (Å²) in [5.74, 6) is 1.79. The van der Waals surface area contributed by atoms with E-state index < -0.39 is 0 Å². The Hall–Kier alpha value is -3.58. The van der Waals surface area contributed by atoms with Crippen molar-refractivity contribution in [3.63, 3.8) is 0 Å². The zero-order valence-corrected chi connectivity index (χ0v) is 17.9. The molecule has 0 bridgehead atoms. The van der Waals surface area contributed by atoms with Crippen LogP contribution >= 0.6 is 0 Å². The van der Waals surface area contributed by atoms with Gasteiger partial charge in [-0.3, -0.25) is 4.79 Å². The number of carbonyl (C=O) groups excluding carboxylic acids is 1. The van der Waals surface area contributed by atoms with E-state index in [2.05, 4.69) is 10.3 Å². The van der Waals surface area contributed by atoms with Gasteiger partial charge in [0.05, 0.1) is 31.2 Å². The van der Waals surface area contributed by atoms with Crippen molar-refractivity contribution in [2.75, 3.05) is 32.2 Å². The van der Waals surface area contributed by atoms with E-state index in [0.29, 0.717) is 54.2 Å². The third kappa shape index (κ3) is 6.20. The van der Waals surface area contributed by atoms with Gasteiger partial charge in [0.2, 0.25) is 5.88 Å². The van der Waals surface area contributed by atoms with E-state index in [0.717, 1.165) is 5.56 Å². The number of benzene rings is 2. The van der Waals surface area contributed by atoms with Crippen molar-refractivity contribution in [1.29, 1.82) is 0 Å². The molecule has 0 aliphatic carbocycles. The molecule has 31 heavy (non-hydrogen) atoms. The van der Waals surface area contributed by atoms with Gasteiger partial charge >= 0.3 is 0 Å². The highest BCUT2D eigenvalue weighted by Gasteiger charge is 2.13. The van der Waals surface area contributed by atoms with Crippen molar-refractivity contribution in [1.82, 2.24) is 4.98 Å².